The molecule has 0 aliphatic heterocycles. The first-order valence-corrected chi connectivity index (χ1v) is 6.61. The third-order valence-electron chi connectivity index (χ3n) is 2.73. The number of alkyl halides is 1. The van der Waals surface area contributed by atoms with Gasteiger partial charge in [-0.25, -0.2) is 0 Å². The van der Waals surface area contributed by atoms with E-state index < -0.39 is 0 Å². The van der Waals surface area contributed by atoms with Crippen molar-refractivity contribution in [1.82, 2.24) is 0 Å². The van der Waals surface area contributed by atoms with Crippen LogP contribution in [0.1, 0.15) is 16.7 Å². The Labute approximate surface area is 117 Å². The van der Waals surface area contributed by atoms with Crippen molar-refractivity contribution in [3.05, 3.63) is 58.1 Å². The maximum Gasteiger partial charge on any atom is 0.150 e. The van der Waals surface area contributed by atoms with E-state index in [-0.39, 0.29) is 0 Å². The van der Waals surface area contributed by atoms with Gasteiger partial charge in [0.2, 0.25) is 0 Å². The highest BCUT2D eigenvalue weighted by Gasteiger charge is 2.10. The molecule has 2 rings (SSSR count). The van der Waals surface area contributed by atoms with Crippen LogP contribution in [0.3, 0.4) is 0 Å². The van der Waals surface area contributed by atoms with E-state index in [0.29, 0.717) is 16.7 Å². The van der Waals surface area contributed by atoms with Gasteiger partial charge in [-0.2, -0.15) is 0 Å². The molecule has 0 spiro atoms. The van der Waals surface area contributed by atoms with E-state index in [1.807, 2.05) is 31.2 Å². The van der Waals surface area contributed by atoms with Crippen LogP contribution in [0, 0.1) is 13.8 Å². The molecule has 3 heteroatoms. The van der Waals surface area contributed by atoms with Gasteiger partial charge < -0.3 is 4.74 Å². The molecule has 0 saturated heterocycles. The molecular formula is C15H14Cl2O. The lowest BCUT2D eigenvalue weighted by Gasteiger charge is -2.13. The Bertz CT molecular complexity index is 564. The van der Waals surface area contributed by atoms with Gasteiger partial charge in [-0.05, 0) is 31.5 Å². The molecule has 0 aliphatic carbocycles. The lowest BCUT2D eigenvalue weighted by molar-refractivity contribution is 0.475. The van der Waals surface area contributed by atoms with Crippen LogP contribution in [0.2, 0.25) is 5.02 Å². The van der Waals surface area contributed by atoms with Gasteiger partial charge in [0.1, 0.15) is 11.5 Å². The Morgan fingerprint density at radius 1 is 1.11 bits per heavy atom. The van der Waals surface area contributed by atoms with Gasteiger partial charge in [0.05, 0.1) is 10.9 Å². The molecule has 94 valence electrons. The molecule has 0 fully saturated rings. The highest BCUT2D eigenvalue weighted by molar-refractivity contribution is 6.32. The monoisotopic (exact) mass is 280 g/mol. The molecule has 0 saturated carbocycles. The Morgan fingerprint density at radius 2 is 1.89 bits per heavy atom. The van der Waals surface area contributed by atoms with Gasteiger partial charge in [0.25, 0.3) is 0 Å². The van der Waals surface area contributed by atoms with E-state index in [0.717, 1.165) is 16.9 Å². The minimum Gasteiger partial charge on any atom is -0.455 e. The highest BCUT2D eigenvalue weighted by atomic mass is 35.5. The largest absolute Gasteiger partial charge is 0.455 e. The van der Waals surface area contributed by atoms with Gasteiger partial charge in [-0.3, -0.25) is 0 Å². The summed E-state index contributed by atoms with van der Waals surface area (Å²) in [6.45, 7) is 4.07. The van der Waals surface area contributed by atoms with Gasteiger partial charge >= 0.3 is 0 Å². The maximum atomic E-state index is 6.16. The van der Waals surface area contributed by atoms with Crippen LogP contribution in [0.5, 0.6) is 11.5 Å². The first kappa shape index (κ1) is 13.3. The van der Waals surface area contributed by atoms with Crippen molar-refractivity contribution in [3.8, 4) is 11.5 Å². The second kappa shape index (κ2) is 5.64. The van der Waals surface area contributed by atoms with Gasteiger partial charge in [-0.15, -0.1) is 11.6 Å². The third kappa shape index (κ3) is 2.80. The third-order valence-corrected chi connectivity index (χ3v) is 3.32. The minimum absolute atomic E-state index is 0.376. The standard InChI is InChI=1S/C15H14Cl2O/c1-10-6-7-14(11(2)8-10)18-15-12(9-16)4-3-5-13(15)17/h3-8H,9H2,1-2H3. The molecule has 0 radical (unpaired) electrons. The summed E-state index contributed by atoms with van der Waals surface area (Å²) in [6.07, 6.45) is 0. The fraction of sp³-hybridized carbons (Fsp3) is 0.200. The van der Waals surface area contributed by atoms with E-state index in [4.69, 9.17) is 27.9 Å². The first-order chi connectivity index (χ1) is 8.61. The normalized spacial score (nSPS) is 10.4. The number of hydrogen-bond donors (Lipinski definition) is 0. The summed E-state index contributed by atoms with van der Waals surface area (Å²) < 4.78 is 5.90. The van der Waals surface area contributed by atoms with Crippen molar-refractivity contribution in [2.75, 3.05) is 0 Å². The number of hydrogen-bond acceptors (Lipinski definition) is 1. The minimum atomic E-state index is 0.376. The van der Waals surface area contributed by atoms with Crippen LogP contribution in [0.25, 0.3) is 0 Å². The quantitative estimate of drug-likeness (QED) is 0.676. The van der Waals surface area contributed by atoms with Gasteiger partial charge in [0.15, 0.2) is 0 Å². The average Bonchev–Trinajstić information content (AvgIpc) is 2.34. The van der Waals surface area contributed by atoms with Gasteiger partial charge in [0, 0.05) is 5.56 Å². The second-order valence-corrected chi connectivity index (χ2v) is 4.91. The molecule has 0 bridgehead atoms. The van der Waals surface area contributed by atoms with Crippen molar-refractivity contribution in [1.29, 1.82) is 0 Å². The molecule has 18 heavy (non-hydrogen) atoms. The van der Waals surface area contributed by atoms with Crippen LogP contribution in [0.15, 0.2) is 36.4 Å². The molecule has 0 atom stereocenters. The van der Waals surface area contributed by atoms with Crippen molar-refractivity contribution < 1.29 is 4.74 Å². The van der Waals surface area contributed by atoms with Crippen molar-refractivity contribution in [2.45, 2.75) is 19.7 Å². The lowest BCUT2D eigenvalue weighted by atomic mass is 10.1. The number of aryl methyl sites for hydroxylation is 2. The van der Waals surface area contributed by atoms with Crippen molar-refractivity contribution >= 4 is 23.2 Å². The zero-order valence-corrected chi connectivity index (χ0v) is 11.8. The number of ether oxygens (including phenoxy) is 1. The van der Waals surface area contributed by atoms with Crippen LogP contribution in [0.4, 0.5) is 0 Å². The number of benzene rings is 2. The zero-order valence-electron chi connectivity index (χ0n) is 10.3. The molecular weight excluding hydrogens is 267 g/mol. The summed E-state index contributed by atoms with van der Waals surface area (Å²) in [6, 6.07) is 11.6. The Balaban J connectivity index is 2.39. The summed E-state index contributed by atoms with van der Waals surface area (Å²) in [7, 11) is 0. The highest BCUT2D eigenvalue weighted by Crippen LogP contribution is 2.35. The Kier molecular flexibility index (Phi) is 4.15. The smallest absolute Gasteiger partial charge is 0.150 e. The molecule has 2 aromatic rings. The molecule has 2 aromatic carbocycles. The van der Waals surface area contributed by atoms with Crippen LogP contribution in [-0.4, -0.2) is 0 Å². The van der Waals surface area contributed by atoms with Crippen LogP contribution < -0.4 is 4.74 Å². The summed E-state index contributed by atoms with van der Waals surface area (Å²) in [5.41, 5.74) is 3.18. The summed E-state index contributed by atoms with van der Waals surface area (Å²) in [5, 5.41) is 0.577. The molecule has 0 aliphatic rings. The average molecular weight is 281 g/mol. The molecule has 0 unspecified atom stereocenters. The molecule has 0 aromatic heterocycles. The molecule has 1 nitrogen and oxygen atoms in total. The lowest BCUT2D eigenvalue weighted by Crippen LogP contribution is -1.93. The van der Waals surface area contributed by atoms with E-state index in [1.165, 1.54) is 5.56 Å². The SMILES string of the molecule is Cc1ccc(Oc2c(Cl)cccc2CCl)c(C)c1. The van der Waals surface area contributed by atoms with Crippen molar-refractivity contribution in [2.24, 2.45) is 0 Å². The van der Waals surface area contributed by atoms with Gasteiger partial charge in [-0.1, -0.05) is 41.4 Å². The molecule has 0 N–H and O–H groups in total. The van der Waals surface area contributed by atoms with E-state index in [1.54, 1.807) is 6.07 Å². The second-order valence-electron chi connectivity index (χ2n) is 4.23. The van der Waals surface area contributed by atoms with Crippen molar-refractivity contribution in [3.63, 3.8) is 0 Å². The fourth-order valence-electron chi connectivity index (χ4n) is 1.80. The Hall–Kier alpha value is -1.18. The summed E-state index contributed by atoms with van der Waals surface area (Å²) in [4.78, 5) is 0. The summed E-state index contributed by atoms with van der Waals surface area (Å²) >= 11 is 12.1. The van der Waals surface area contributed by atoms with E-state index >= 15 is 0 Å². The predicted molar refractivity (Wildman–Crippen MR) is 77.0 cm³/mol. The topological polar surface area (TPSA) is 9.23 Å². The Morgan fingerprint density at radius 3 is 2.56 bits per heavy atom. The van der Waals surface area contributed by atoms with E-state index in [2.05, 4.69) is 13.0 Å². The van der Waals surface area contributed by atoms with Crippen LogP contribution >= 0.6 is 23.2 Å². The molecule has 0 amide bonds. The fourth-order valence-corrected chi connectivity index (χ4v) is 2.24. The maximum absolute atomic E-state index is 6.16. The zero-order chi connectivity index (χ0) is 13.1. The van der Waals surface area contributed by atoms with Crippen LogP contribution in [-0.2, 0) is 5.88 Å². The predicted octanol–water partition coefficient (Wildman–Crippen LogP) is 5.49. The first-order valence-electron chi connectivity index (χ1n) is 5.70. The molecule has 0 heterocycles. The number of halogens is 2. The number of rotatable bonds is 3. The summed E-state index contributed by atoms with van der Waals surface area (Å²) in [5.74, 6) is 1.82. The van der Waals surface area contributed by atoms with E-state index in [9.17, 15) is 0 Å². The number of para-hydroxylation sites is 1.